The van der Waals surface area contributed by atoms with E-state index >= 15 is 0 Å². The molecule has 136 valence electrons. The predicted molar refractivity (Wildman–Crippen MR) is 108 cm³/mol. The summed E-state index contributed by atoms with van der Waals surface area (Å²) in [6.45, 7) is 6.87. The van der Waals surface area contributed by atoms with Gasteiger partial charge in [-0.05, 0) is 44.0 Å². The molecule has 3 rings (SSSR count). The molecular formula is C21H26N4O. The Morgan fingerprint density at radius 1 is 0.962 bits per heavy atom. The normalized spacial score (nSPS) is 10.7. The third-order valence-electron chi connectivity index (χ3n) is 4.52. The summed E-state index contributed by atoms with van der Waals surface area (Å²) in [5.74, 6) is 2.57. The molecule has 1 N–H and O–H groups in total. The van der Waals surface area contributed by atoms with Crippen LogP contribution in [0.4, 0.5) is 11.8 Å². The van der Waals surface area contributed by atoms with E-state index in [1.807, 2.05) is 36.4 Å². The highest BCUT2D eigenvalue weighted by atomic mass is 16.5. The second kappa shape index (κ2) is 8.52. The fourth-order valence-corrected chi connectivity index (χ4v) is 3.12. The summed E-state index contributed by atoms with van der Waals surface area (Å²) < 4.78 is 5.42. The molecule has 0 aliphatic rings. The molecule has 5 nitrogen and oxygen atoms in total. The van der Waals surface area contributed by atoms with Gasteiger partial charge in [-0.15, -0.1) is 0 Å². The van der Waals surface area contributed by atoms with Gasteiger partial charge in [0, 0.05) is 25.0 Å². The first-order valence-corrected chi connectivity index (χ1v) is 9.14. The highest BCUT2D eigenvalue weighted by Gasteiger charge is 2.12. The minimum absolute atomic E-state index is 0.667. The van der Waals surface area contributed by atoms with Crippen molar-refractivity contribution in [2.75, 3.05) is 37.0 Å². The van der Waals surface area contributed by atoms with Crippen LogP contribution < -0.4 is 15.0 Å². The number of hydrogen-bond donors (Lipinski definition) is 1. The first-order chi connectivity index (χ1) is 12.8. The number of ether oxygens (including phenoxy) is 1. The number of para-hydroxylation sites is 2. The van der Waals surface area contributed by atoms with Gasteiger partial charge in [-0.2, -0.15) is 4.98 Å². The molecule has 26 heavy (non-hydrogen) atoms. The Balaban J connectivity index is 1.81. The molecule has 0 atom stereocenters. The largest absolute Gasteiger partial charge is 0.496 e. The van der Waals surface area contributed by atoms with Gasteiger partial charge >= 0.3 is 0 Å². The second-order valence-electron chi connectivity index (χ2n) is 6.05. The molecule has 0 amide bonds. The fraction of sp³-hybridized carbons (Fsp3) is 0.333. The predicted octanol–water partition coefficient (Wildman–Crippen LogP) is 4.14. The van der Waals surface area contributed by atoms with Crippen LogP contribution in [0.15, 0.2) is 48.5 Å². The SMILES string of the molecule is CCN(CC)c1nc(NCCc2ccccc2OC)nc2ccccc12. The number of benzene rings is 2. The smallest absolute Gasteiger partial charge is 0.225 e. The zero-order chi connectivity index (χ0) is 18.4. The molecule has 0 spiro atoms. The van der Waals surface area contributed by atoms with Crippen molar-refractivity contribution in [2.24, 2.45) is 0 Å². The number of nitrogens with one attached hydrogen (secondary N) is 1. The lowest BCUT2D eigenvalue weighted by molar-refractivity contribution is 0.410. The van der Waals surface area contributed by atoms with E-state index in [4.69, 9.17) is 9.72 Å². The van der Waals surface area contributed by atoms with Crippen LogP contribution >= 0.6 is 0 Å². The van der Waals surface area contributed by atoms with Crippen molar-refractivity contribution in [3.8, 4) is 5.75 Å². The number of fused-ring (bicyclic) bond motifs is 1. The van der Waals surface area contributed by atoms with E-state index < -0.39 is 0 Å². The molecule has 0 saturated carbocycles. The summed E-state index contributed by atoms with van der Waals surface area (Å²) in [6, 6.07) is 16.3. The standard InChI is InChI=1S/C21H26N4O/c1-4-25(5-2)20-17-11-7-8-12-18(17)23-21(24-20)22-15-14-16-10-6-9-13-19(16)26-3/h6-13H,4-5,14-15H2,1-3H3,(H,22,23,24). The van der Waals surface area contributed by atoms with E-state index in [0.29, 0.717) is 5.95 Å². The van der Waals surface area contributed by atoms with Gasteiger partial charge in [-0.25, -0.2) is 4.98 Å². The topological polar surface area (TPSA) is 50.3 Å². The maximum absolute atomic E-state index is 5.42. The van der Waals surface area contributed by atoms with Crippen LogP contribution in [0.2, 0.25) is 0 Å². The van der Waals surface area contributed by atoms with Gasteiger partial charge < -0.3 is 15.0 Å². The molecule has 0 radical (unpaired) electrons. The quantitative estimate of drug-likeness (QED) is 0.662. The highest BCUT2D eigenvalue weighted by molar-refractivity contribution is 5.90. The van der Waals surface area contributed by atoms with Crippen molar-refractivity contribution in [1.29, 1.82) is 0 Å². The van der Waals surface area contributed by atoms with Crippen LogP contribution in [0.3, 0.4) is 0 Å². The van der Waals surface area contributed by atoms with Crippen LogP contribution in [-0.2, 0) is 6.42 Å². The zero-order valence-corrected chi connectivity index (χ0v) is 15.7. The minimum atomic E-state index is 0.667. The van der Waals surface area contributed by atoms with Crippen molar-refractivity contribution < 1.29 is 4.74 Å². The van der Waals surface area contributed by atoms with E-state index in [-0.39, 0.29) is 0 Å². The van der Waals surface area contributed by atoms with Gasteiger partial charge in [0.15, 0.2) is 0 Å². The third-order valence-corrected chi connectivity index (χ3v) is 4.52. The Morgan fingerprint density at radius 3 is 2.46 bits per heavy atom. The van der Waals surface area contributed by atoms with Crippen LogP contribution in [0, 0.1) is 0 Å². The number of hydrogen-bond acceptors (Lipinski definition) is 5. The number of aromatic nitrogens is 2. The Morgan fingerprint density at radius 2 is 1.69 bits per heavy atom. The van der Waals surface area contributed by atoms with E-state index in [0.717, 1.165) is 48.5 Å². The second-order valence-corrected chi connectivity index (χ2v) is 6.05. The van der Waals surface area contributed by atoms with Gasteiger partial charge in [0.25, 0.3) is 0 Å². The van der Waals surface area contributed by atoms with E-state index in [1.54, 1.807) is 7.11 Å². The number of rotatable bonds is 8. The average Bonchev–Trinajstić information content (AvgIpc) is 2.69. The molecule has 0 aliphatic heterocycles. The Kier molecular flexibility index (Phi) is 5.89. The monoisotopic (exact) mass is 350 g/mol. The van der Waals surface area contributed by atoms with Crippen LogP contribution in [-0.4, -0.2) is 36.7 Å². The molecule has 0 fully saturated rings. The van der Waals surface area contributed by atoms with Gasteiger partial charge in [-0.3, -0.25) is 0 Å². The molecule has 1 heterocycles. The maximum Gasteiger partial charge on any atom is 0.225 e. The van der Waals surface area contributed by atoms with Crippen molar-refractivity contribution in [3.05, 3.63) is 54.1 Å². The van der Waals surface area contributed by atoms with Crippen molar-refractivity contribution >= 4 is 22.7 Å². The zero-order valence-electron chi connectivity index (χ0n) is 15.7. The summed E-state index contributed by atoms with van der Waals surface area (Å²) in [7, 11) is 1.70. The van der Waals surface area contributed by atoms with E-state index in [2.05, 4.69) is 41.2 Å². The molecular weight excluding hydrogens is 324 g/mol. The molecule has 2 aromatic carbocycles. The van der Waals surface area contributed by atoms with Crippen LogP contribution in [0.1, 0.15) is 19.4 Å². The summed E-state index contributed by atoms with van der Waals surface area (Å²) in [6.07, 6.45) is 0.848. The van der Waals surface area contributed by atoms with Crippen molar-refractivity contribution in [1.82, 2.24) is 9.97 Å². The molecule has 0 unspecified atom stereocenters. The highest BCUT2D eigenvalue weighted by Crippen LogP contribution is 2.25. The third kappa shape index (κ3) is 3.87. The van der Waals surface area contributed by atoms with E-state index in [1.165, 1.54) is 5.56 Å². The average molecular weight is 350 g/mol. The summed E-state index contributed by atoms with van der Waals surface area (Å²) >= 11 is 0. The Hall–Kier alpha value is -2.82. The first-order valence-electron chi connectivity index (χ1n) is 9.14. The lowest BCUT2D eigenvalue weighted by Gasteiger charge is -2.22. The minimum Gasteiger partial charge on any atom is -0.496 e. The lowest BCUT2D eigenvalue weighted by atomic mass is 10.1. The van der Waals surface area contributed by atoms with Crippen molar-refractivity contribution in [3.63, 3.8) is 0 Å². The Labute approximate surface area is 155 Å². The van der Waals surface area contributed by atoms with Crippen LogP contribution in [0.5, 0.6) is 5.75 Å². The number of anilines is 2. The Bertz CT molecular complexity index is 862. The summed E-state index contributed by atoms with van der Waals surface area (Å²) in [5.41, 5.74) is 2.14. The van der Waals surface area contributed by atoms with Gasteiger partial charge in [0.2, 0.25) is 5.95 Å². The fourth-order valence-electron chi connectivity index (χ4n) is 3.12. The molecule has 1 aromatic heterocycles. The van der Waals surface area contributed by atoms with Gasteiger partial charge in [0.1, 0.15) is 11.6 Å². The summed E-state index contributed by atoms with van der Waals surface area (Å²) in [5, 5.41) is 4.46. The first kappa shape index (κ1) is 18.0. The molecule has 5 heteroatoms. The van der Waals surface area contributed by atoms with Crippen LogP contribution in [0.25, 0.3) is 10.9 Å². The van der Waals surface area contributed by atoms with Gasteiger partial charge in [-0.1, -0.05) is 30.3 Å². The molecule has 0 aliphatic carbocycles. The van der Waals surface area contributed by atoms with Crippen molar-refractivity contribution in [2.45, 2.75) is 20.3 Å². The number of methoxy groups -OCH3 is 1. The molecule has 0 bridgehead atoms. The molecule has 0 saturated heterocycles. The van der Waals surface area contributed by atoms with Gasteiger partial charge in [0.05, 0.1) is 12.6 Å². The molecule has 3 aromatic rings. The van der Waals surface area contributed by atoms with E-state index in [9.17, 15) is 0 Å². The summed E-state index contributed by atoms with van der Waals surface area (Å²) in [4.78, 5) is 11.7. The maximum atomic E-state index is 5.42. The lowest BCUT2D eigenvalue weighted by Crippen LogP contribution is -2.24. The number of nitrogens with zero attached hydrogens (tertiary/aromatic N) is 3.